The summed E-state index contributed by atoms with van der Waals surface area (Å²) in [5.74, 6) is -0.0885. The maximum Gasteiger partial charge on any atom is 0.251 e. The monoisotopic (exact) mass is 283 g/mol. The van der Waals surface area contributed by atoms with Crippen LogP contribution in [-0.2, 0) is 6.54 Å². The maximum atomic E-state index is 12.4. The van der Waals surface area contributed by atoms with Crippen LogP contribution in [0.3, 0.4) is 0 Å². The number of aromatic nitrogens is 1. The Kier molecular flexibility index (Phi) is 5.46. The third kappa shape index (κ3) is 4.13. The number of rotatable bonds is 6. The van der Waals surface area contributed by atoms with Gasteiger partial charge in [0.15, 0.2) is 0 Å². The van der Waals surface area contributed by atoms with Crippen molar-refractivity contribution in [3.63, 3.8) is 0 Å². The number of pyridine rings is 1. The van der Waals surface area contributed by atoms with Crippen LogP contribution in [-0.4, -0.2) is 10.9 Å². The Labute approximate surface area is 125 Å². The fourth-order valence-corrected chi connectivity index (χ4v) is 2.27. The lowest BCUT2D eigenvalue weighted by Crippen LogP contribution is -2.28. The Hall–Kier alpha value is -2.20. The summed E-state index contributed by atoms with van der Waals surface area (Å²) in [5, 5.41) is 3.09. The average molecular weight is 283 g/mol. The smallest absolute Gasteiger partial charge is 0.251 e. The second kappa shape index (κ2) is 7.55. The predicted molar refractivity (Wildman–Crippen MR) is 83.7 cm³/mol. The third-order valence-electron chi connectivity index (χ3n) is 3.37. The molecule has 2 rings (SSSR count). The van der Waals surface area contributed by atoms with E-state index < -0.39 is 0 Å². The molecule has 2 aromatic rings. The van der Waals surface area contributed by atoms with Gasteiger partial charge in [-0.05, 0) is 24.1 Å². The molecule has 1 aromatic heterocycles. The molecule has 0 bridgehead atoms. The van der Waals surface area contributed by atoms with Crippen LogP contribution in [0.2, 0.25) is 0 Å². The first-order chi connectivity index (χ1) is 10.2. The molecule has 0 saturated carbocycles. The Bertz CT molecular complexity index is 584. The number of nitrogens with two attached hydrogens (primary N) is 1. The molecule has 21 heavy (non-hydrogen) atoms. The maximum absolute atomic E-state index is 12.4. The lowest BCUT2D eigenvalue weighted by atomic mass is 10.0. The van der Waals surface area contributed by atoms with Crippen LogP contribution in [0.5, 0.6) is 0 Å². The third-order valence-corrected chi connectivity index (χ3v) is 3.37. The predicted octanol–water partition coefficient (Wildman–Crippen LogP) is 2.81. The minimum Gasteiger partial charge on any atom is -0.345 e. The Morgan fingerprint density at radius 1 is 1.29 bits per heavy atom. The number of hydrogen-bond donors (Lipinski definition) is 2. The summed E-state index contributed by atoms with van der Waals surface area (Å²) >= 11 is 0. The molecule has 1 unspecified atom stereocenters. The van der Waals surface area contributed by atoms with Gasteiger partial charge in [-0.3, -0.25) is 9.78 Å². The molecule has 0 aliphatic rings. The number of amides is 1. The second-order valence-electron chi connectivity index (χ2n) is 4.97. The summed E-state index contributed by atoms with van der Waals surface area (Å²) in [7, 11) is 0. The zero-order valence-electron chi connectivity index (χ0n) is 12.3. The number of carbonyl (C=O) groups excluding carboxylic acids is 1. The fraction of sp³-hybridized carbons (Fsp3) is 0.294. The van der Waals surface area contributed by atoms with Crippen molar-refractivity contribution >= 4 is 5.91 Å². The zero-order valence-corrected chi connectivity index (χ0v) is 12.3. The highest BCUT2D eigenvalue weighted by Gasteiger charge is 2.15. The van der Waals surface area contributed by atoms with E-state index in [0.29, 0.717) is 12.1 Å². The van der Waals surface area contributed by atoms with E-state index in [-0.39, 0.29) is 11.9 Å². The minimum absolute atomic E-state index is 0.0261. The van der Waals surface area contributed by atoms with Gasteiger partial charge in [0, 0.05) is 18.3 Å². The molecular weight excluding hydrogens is 262 g/mol. The van der Waals surface area contributed by atoms with Crippen molar-refractivity contribution in [2.75, 3.05) is 0 Å². The van der Waals surface area contributed by atoms with E-state index >= 15 is 0 Å². The first-order valence-corrected chi connectivity index (χ1v) is 7.25. The van der Waals surface area contributed by atoms with Gasteiger partial charge in [-0.1, -0.05) is 43.7 Å². The van der Waals surface area contributed by atoms with Crippen molar-refractivity contribution in [2.24, 2.45) is 5.73 Å². The van der Waals surface area contributed by atoms with E-state index in [1.165, 1.54) is 0 Å². The average Bonchev–Trinajstić information content (AvgIpc) is 2.55. The van der Waals surface area contributed by atoms with Gasteiger partial charge < -0.3 is 11.1 Å². The standard InChI is InChI=1S/C17H21N3O/c1-2-6-16(13-7-4-3-5-8-13)20-17(21)14-9-10-19-15(11-14)12-18/h3-5,7-11,16H,2,6,12,18H2,1H3,(H,20,21). The summed E-state index contributed by atoms with van der Waals surface area (Å²) in [6.45, 7) is 2.44. The van der Waals surface area contributed by atoms with Gasteiger partial charge in [0.2, 0.25) is 0 Å². The normalized spacial score (nSPS) is 11.9. The highest BCUT2D eigenvalue weighted by molar-refractivity contribution is 5.94. The number of nitrogens with one attached hydrogen (secondary N) is 1. The van der Waals surface area contributed by atoms with Crippen LogP contribution < -0.4 is 11.1 Å². The Morgan fingerprint density at radius 3 is 2.71 bits per heavy atom. The topological polar surface area (TPSA) is 68.0 Å². The summed E-state index contributed by atoms with van der Waals surface area (Å²) in [5.41, 5.74) is 8.01. The van der Waals surface area contributed by atoms with Crippen LogP contribution in [0.15, 0.2) is 48.7 Å². The van der Waals surface area contributed by atoms with Gasteiger partial charge in [-0.25, -0.2) is 0 Å². The van der Waals surface area contributed by atoms with E-state index in [9.17, 15) is 4.79 Å². The number of carbonyl (C=O) groups is 1. The molecular formula is C17H21N3O. The lowest BCUT2D eigenvalue weighted by Gasteiger charge is -2.18. The molecule has 4 nitrogen and oxygen atoms in total. The molecule has 1 aromatic carbocycles. The molecule has 110 valence electrons. The molecule has 4 heteroatoms. The Balaban J connectivity index is 2.14. The van der Waals surface area contributed by atoms with Gasteiger partial charge in [0.1, 0.15) is 0 Å². The van der Waals surface area contributed by atoms with Gasteiger partial charge in [-0.2, -0.15) is 0 Å². The largest absolute Gasteiger partial charge is 0.345 e. The molecule has 3 N–H and O–H groups in total. The molecule has 1 heterocycles. The van der Waals surface area contributed by atoms with Crippen LogP contribution >= 0.6 is 0 Å². The molecule has 0 saturated heterocycles. The summed E-state index contributed by atoms with van der Waals surface area (Å²) in [6, 6.07) is 13.5. The highest BCUT2D eigenvalue weighted by atomic mass is 16.1. The highest BCUT2D eigenvalue weighted by Crippen LogP contribution is 2.18. The number of nitrogens with zero attached hydrogens (tertiary/aromatic N) is 1. The SMILES string of the molecule is CCCC(NC(=O)c1ccnc(CN)c1)c1ccccc1. The van der Waals surface area contributed by atoms with E-state index in [1.54, 1.807) is 18.3 Å². The van der Waals surface area contributed by atoms with Crippen molar-refractivity contribution in [2.45, 2.75) is 32.4 Å². The van der Waals surface area contributed by atoms with Gasteiger partial charge in [0.05, 0.1) is 11.7 Å². The first kappa shape index (κ1) is 15.2. The van der Waals surface area contributed by atoms with E-state index in [0.717, 1.165) is 24.1 Å². The molecule has 0 fully saturated rings. The molecule has 0 spiro atoms. The van der Waals surface area contributed by atoms with Crippen molar-refractivity contribution in [1.82, 2.24) is 10.3 Å². The van der Waals surface area contributed by atoms with Crippen molar-refractivity contribution in [3.8, 4) is 0 Å². The summed E-state index contributed by atoms with van der Waals surface area (Å²) in [4.78, 5) is 16.5. The van der Waals surface area contributed by atoms with E-state index in [1.807, 2.05) is 30.3 Å². The van der Waals surface area contributed by atoms with Gasteiger partial charge in [0.25, 0.3) is 5.91 Å². The van der Waals surface area contributed by atoms with Crippen molar-refractivity contribution in [3.05, 3.63) is 65.5 Å². The summed E-state index contributed by atoms with van der Waals surface area (Å²) < 4.78 is 0. The van der Waals surface area contributed by atoms with Crippen LogP contribution in [0.4, 0.5) is 0 Å². The molecule has 0 radical (unpaired) electrons. The van der Waals surface area contributed by atoms with Crippen molar-refractivity contribution < 1.29 is 4.79 Å². The summed E-state index contributed by atoms with van der Waals surface area (Å²) in [6.07, 6.45) is 3.53. The first-order valence-electron chi connectivity index (χ1n) is 7.25. The number of hydrogen-bond acceptors (Lipinski definition) is 3. The lowest BCUT2D eigenvalue weighted by molar-refractivity contribution is 0.0934. The van der Waals surface area contributed by atoms with Crippen LogP contribution in [0, 0.1) is 0 Å². The van der Waals surface area contributed by atoms with E-state index in [2.05, 4.69) is 17.2 Å². The van der Waals surface area contributed by atoms with Crippen LogP contribution in [0.1, 0.15) is 47.4 Å². The minimum atomic E-state index is -0.0885. The molecule has 1 amide bonds. The van der Waals surface area contributed by atoms with E-state index in [4.69, 9.17) is 5.73 Å². The molecule has 0 aliphatic heterocycles. The Morgan fingerprint density at radius 2 is 2.05 bits per heavy atom. The quantitative estimate of drug-likeness (QED) is 0.856. The van der Waals surface area contributed by atoms with Gasteiger partial charge in [-0.15, -0.1) is 0 Å². The van der Waals surface area contributed by atoms with Crippen molar-refractivity contribution in [1.29, 1.82) is 0 Å². The zero-order chi connectivity index (χ0) is 15.1. The molecule has 0 aliphatic carbocycles. The van der Waals surface area contributed by atoms with Crippen LogP contribution in [0.25, 0.3) is 0 Å². The fourth-order valence-electron chi connectivity index (χ4n) is 2.27. The number of benzene rings is 1. The second-order valence-corrected chi connectivity index (χ2v) is 4.97. The van der Waals surface area contributed by atoms with Gasteiger partial charge >= 0.3 is 0 Å². The molecule has 1 atom stereocenters.